The van der Waals surface area contributed by atoms with Gasteiger partial charge in [0.25, 0.3) is 10.0 Å². The minimum atomic E-state index is -3.69. The van der Waals surface area contributed by atoms with Crippen LogP contribution < -0.4 is 10.0 Å². The zero-order chi connectivity index (χ0) is 21.0. The minimum Gasteiger partial charge on any atom is -0.326 e. The number of sulfonamides is 1. The van der Waals surface area contributed by atoms with Crippen molar-refractivity contribution in [1.29, 1.82) is 0 Å². The Morgan fingerprint density at radius 2 is 1.41 bits per heavy atom. The Morgan fingerprint density at radius 1 is 0.793 bits per heavy atom. The van der Waals surface area contributed by atoms with Gasteiger partial charge in [-0.1, -0.05) is 35.9 Å². The van der Waals surface area contributed by atoms with E-state index in [1.54, 1.807) is 24.3 Å². The molecule has 0 unspecified atom stereocenters. The van der Waals surface area contributed by atoms with Crippen LogP contribution in [0.4, 0.5) is 11.4 Å². The maximum atomic E-state index is 12.5. The normalized spacial score (nSPS) is 11.1. The molecular formula is C23H24N2O3S. The molecule has 0 fully saturated rings. The maximum Gasteiger partial charge on any atom is 0.261 e. The monoisotopic (exact) mass is 408 g/mol. The minimum absolute atomic E-state index is 0.130. The van der Waals surface area contributed by atoms with Gasteiger partial charge < -0.3 is 5.32 Å². The standard InChI is InChI=1S/C23H24N2O3S/c1-16-4-8-21(9-5-16)25-29(27,28)22-12-10-20(11-13-22)24-23(26)15-19-7-6-17(2)18(3)14-19/h4-14,25H,15H2,1-3H3,(H,24,26). The van der Waals surface area contributed by atoms with Crippen LogP contribution >= 0.6 is 0 Å². The molecule has 0 bridgehead atoms. The topological polar surface area (TPSA) is 75.3 Å². The fourth-order valence-corrected chi connectivity index (χ4v) is 3.92. The highest BCUT2D eigenvalue weighted by Gasteiger charge is 2.14. The first-order chi connectivity index (χ1) is 13.7. The van der Waals surface area contributed by atoms with Crippen molar-refractivity contribution in [1.82, 2.24) is 0 Å². The highest BCUT2D eigenvalue weighted by Crippen LogP contribution is 2.19. The van der Waals surface area contributed by atoms with Gasteiger partial charge in [0.05, 0.1) is 11.3 Å². The SMILES string of the molecule is Cc1ccc(NS(=O)(=O)c2ccc(NC(=O)Cc3ccc(C)c(C)c3)cc2)cc1. The lowest BCUT2D eigenvalue weighted by Gasteiger charge is -2.10. The fraction of sp³-hybridized carbons (Fsp3) is 0.174. The fourth-order valence-electron chi connectivity index (χ4n) is 2.86. The summed E-state index contributed by atoms with van der Waals surface area (Å²) >= 11 is 0. The number of rotatable bonds is 6. The summed E-state index contributed by atoms with van der Waals surface area (Å²) in [5, 5.41) is 2.80. The molecule has 0 heterocycles. The maximum absolute atomic E-state index is 12.5. The van der Waals surface area contributed by atoms with E-state index in [1.165, 1.54) is 17.7 Å². The van der Waals surface area contributed by atoms with E-state index >= 15 is 0 Å². The first-order valence-electron chi connectivity index (χ1n) is 9.28. The number of nitrogens with one attached hydrogen (secondary N) is 2. The molecule has 150 valence electrons. The van der Waals surface area contributed by atoms with Crippen molar-refractivity contribution < 1.29 is 13.2 Å². The number of anilines is 2. The van der Waals surface area contributed by atoms with Crippen LogP contribution in [0.2, 0.25) is 0 Å². The zero-order valence-corrected chi connectivity index (χ0v) is 17.5. The third-order valence-corrected chi connectivity index (χ3v) is 6.09. The molecule has 0 radical (unpaired) electrons. The van der Waals surface area contributed by atoms with Gasteiger partial charge in [0.2, 0.25) is 5.91 Å². The van der Waals surface area contributed by atoms with Crippen LogP contribution in [0.25, 0.3) is 0 Å². The van der Waals surface area contributed by atoms with Gasteiger partial charge in [-0.2, -0.15) is 0 Å². The summed E-state index contributed by atoms with van der Waals surface area (Å²) in [6.45, 7) is 5.98. The number of hydrogen-bond donors (Lipinski definition) is 2. The highest BCUT2D eigenvalue weighted by atomic mass is 32.2. The first kappa shape index (κ1) is 20.6. The molecule has 0 aromatic heterocycles. The summed E-state index contributed by atoms with van der Waals surface area (Å²) in [6, 6.07) is 19.2. The van der Waals surface area contributed by atoms with E-state index in [4.69, 9.17) is 0 Å². The largest absolute Gasteiger partial charge is 0.326 e. The van der Waals surface area contributed by atoms with E-state index in [-0.39, 0.29) is 17.2 Å². The second-order valence-electron chi connectivity index (χ2n) is 7.14. The number of hydrogen-bond acceptors (Lipinski definition) is 3. The van der Waals surface area contributed by atoms with Gasteiger partial charge in [-0.25, -0.2) is 8.42 Å². The van der Waals surface area contributed by atoms with E-state index in [0.717, 1.165) is 16.7 Å². The quantitative estimate of drug-likeness (QED) is 0.626. The summed E-state index contributed by atoms with van der Waals surface area (Å²) < 4.78 is 27.6. The van der Waals surface area contributed by atoms with Gasteiger partial charge in [0, 0.05) is 11.4 Å². The van der Waals surface area contributed by atoms with E-state index < -0.39 is 10.0 Å². The number of aryl methyl sites for hydroxylation is 3. The van der Waals surface area contributed by atoms with Crippen molar-refractivity contribution in [3.8, 4) is 0 Å². The lowest BCUT2D eigenvalue weighted by atomic mass is 10.0. The van der Waals surface area contributed by atoms with Crippen molar-refractivity contribution >= 4 is 27.3 Å². The molecule has 2 N–H and O–H groups in total. The van der Waals surface area contributed by atoms with Crippen LogP contribution in [-0.4, -0.2) is 14.3 Å². The zero-order valence-electron chi connectivity index (χ0n) is 16.7. The molecule has 0 aliphatic rings. The Labute approximate surface area is 171 Å². The van der Waals surface area contributed by atoms with Gasteiger partial charge in [0.1, 0.15) is 0 Å². The van der Waals surface area contributed by atoms with Gasteiger partial charge in [0.15, 0.2) is 0 Å². The number of benzene rings is 3. The molecule has 3 rings (SSSR count). The predicted octanol–water partition coefficient (Wildman–Crippen LogP) is 4.59. The van der Waals surface area contributed by atoms with Crippen molar-refractivity contribution in [2.45, 2.75) is 32.1 Å². The highest BCUT2D eigenvalue weighted by molar-refractivity contribution is 7.92. The Bertz CT molecular complexity index is 1120. The Morgan fingerprint density at radius 3 is 2.03 bits per heavy atom. The van der Waals surface area contributed by atoms with Crippen LogP contribution in [0, 0.1) is 20.8 Å². The van der Waals surface area contributed by atoms with Gasteiger partial charge in [-0.15, -0.1) is 0 Å². The Kier molecular flexibility index (Phi) is 6.03. The van der Waals surface area contributed by atoms with Crippen molar-refractivity contribution in [3.63, 3.8) is 0 Å². The van der Waals surface area contributed by atoms with Gasteiger partial charge in [-0.05, 0) is 73.9 Å². The van der Waals surface area contributed by atoms with Crippen molar-refractivity contribution in [3.05, 3.63) is 89.0 Å². The molecule has 6 heteroatoms. The third-order valence-electron chi connectivity index (χ3n) is 4.69. The van der Waals surface area contributed by atoms with Crippen molar-refractivity contribution in [2.24, 2.45) is 0 Å². The molecule has 29 heavy (non-hydrogen) atoms. The number of carbonyl (C=O) groups is 1. The third kappa shape index (κ3) is 5.45. The van der Waals surface area contributed by atoms with E-state index in [1.807, 2.05) is 51.1 Å². The summed E-state index contributed by atoms with van der Waals surface area (Å²) in [4.78, 5) is 12.4. The second kappa shape index (κ2) is 8.49. The average Bonchev–Trinajstić information content (AvgIpc) is 2.67. The van der Waals surface area contributed by atoms with E-state index in [9.17, 15) is 13.2 Å². The van der Waals surface area contributed by atoms with Crippen LogP contribution in [0.15, 0.2) is 71.6 Å². The predicted molar refractivity (Wildman–Crippen MR) is 117 cm³/mol. The smallest absolute Gasteiger partial charge is 0.261 e. The summed E-state index contributed by atoms with van der Waals surface area (Å²) in [5.74, 6) is -0.151. The van der Waals surface area contributed by atoms with Crippen LogP contribution in [0.1, 0.15) is 22.3 Å². The lowest BCUT2D eigenvalue weighted by molar-refractivity contribution is -0.115. The van der Waals surface area contributed by atoms with Crippen LogP contribution in [-0.2, 0) is 21.2 Å². The molecule has 0 aliphatic heterocycles. The average molecular weight is 409 g/mol. The molecule has 0 atom stereocenters. The molecule has 5 nitrogen and oxygen atoms in total. The molecule has 0 spiro atoms. The van der Waals surface area contributed by atoms with Crippen molar-refractivity contribution in [2.75, 3.05) is 10.0 Å². The molecule has 1 amide bonds. The van der Waals surface area contributed by atoms with Crippen LogP contribution in [0.3, 0.4) is 0 Å². The first-order valence-corrected chi connectivity index (χ1v) is 10.8. The summed E-state index contributed by atoms with van der Waals surface area (Å²) in [5.41, 5.74) is 5.37. The Balaban J connectivity index is 1.65. The molecule has 0 saturated heterocycles. The van der Waals surface area contributed by atoms with E-state index in [0.29, 0.717) is 11.4 Å². The Hall–Kier alpha value is -3.12. The van der Waals surface area contributed by atoms with E-state index in [2.05, 4.69) is 10.0 Å². The van der Waals surface area contributed by atoms with Crippen LogP contribution in [0.5, 0.6) is 0 Å². The lowest BCUT2D eigenvalue weighted by Crippen LogP contribution is -2.15. The summed E-state index contributed by atoms with van der Waals surface area (Å²) in [7, 11) is -3.69. The summed E-state index contributed by atoms with van der Waals surface area (Å²) in [6.07, 6.45) is 0.260. The number of amides is 1. The molecular weight excluding hydrogens is 384 g/mol. The second-order valence-corrected chi connectivity index (χ2v) is 8.82. The number of carbonyl (C=O) groups excluding carboxylic acids is 1. The molecule has 0 saturated carbocycles. The molecule has 3 aromatic rings. The molecule has 3 aromatic carbocycles. The van der Waals surface area contributed by atoms with Gasteiger partial charge >= 0.3 is 0 Å². The van der Waals surface area contributed by atoms with Gasteiger partial charge in [-0.3, -0.25) is 9.52 Å². The molecule has 0 aliphatic carbocycles.